The van der Waals surface area contributed by atoms with Crippen LogP contribution in [0.1, 0.15) is 24.0 Å². The van der Waals surface area contributed by atoms with Crippen molar-refractivity contribution in [1.29, 1.82) is 0 Å². The molecular formula is C13H12F6N2O. The average Bonchev–Trinajstić information content (AvgIpc) is 3.15. The Kier molecular flexibility index (Phi) is 3.78. The van der Waals surface area contributed by atoms with Gasteiger partial charge in [-0.15, -0.1) is 0 Å². The molecule has 0 aliphatic heterocycles. The van der Waals surface area contributed by atoms with Crippen LogP contribution in [-0.2, 0) is 17.5 Å². The first kappa shape index (κ1) is 16.4. The number of benzene rings is 1. The molecule has 1 aromatic carbocycles. The molecule has 0 aromatic heterocycles. The zero-order valence-electron chi connectivity index (χ0n) is 11.1. The zero-order valence-corrected chi connectivity index (χ0v) is 11.1. The number of nitrogen functional groups attached to an aromatic ring is 1. The van der Waals surface area contributed by atoms with Crippen molar-refractivity contribution in [3.63, 3.8) is 0 Å². The lowest BCUT2D eigenvalue weighted by atomic mass is 10.1. The van der Waals surface area contributed by atoms with Gasteiger partial charge in [0.2, 0.25) is 5.91 Å². The van der Waals surface area contributed by atoms with Crippen LogP contribution in [0, 0.1) is 5.41 Å². The lowest BCUT2D eigenvalue weighted by Crippen LogP contribution is -2.40. The van der Waals surface area contributed by atoms with E-state index in [1.54, 1.807) is 0 Å². The third kappa shape index (κ3) is 2.97. The highest BCUT2D eigenvalue weighted by Crippen LogP contribution is 2.57. The highest BCUT2D eigenvalue weighted by molar-refractivity contribution is 5.86. The first-order valence-corrected chi connectivity index (χ1v) is 6.28. The number of carbonyl (C=O) groups is 1. The standard InChI is InChI=1S/C13H12F6N2O/c14-12(15,16)8-2-1-7(5-9(8)20)6-21-10(22)11(3-4-11)13(17,18)19/h1-2,5H,3-4,6,20H2,(H,21,22). The van der Waals surface area contributed by atoms with Gasteiger partial charge in [-0.1, -0.05) is 6.07 Å². The highest BCUT2D eigenvalue weighted by Gasteiger charge is 2.68. The predicted molar refractivity (Wildman–Crippen MR) is 65.4 cm³/mol. The van der Waals surface area contributed by atoms with Crippen molar-refractivity contribution in [3.05, 3.63) is 29.3 Å². The molecular weight excluding hydrogens is 314 g/mol. The molecule has 3 nitrogen and oxygen atoms in total. The van der Waals surface area contributed by atoms with E-state index in [9.17, 15) is 31.1 Å². The number of hydrogen-bond acceptors (Lipinski definition) is 2. The van der Waals surface area contributed by atoms with Crippen molar-refractivity contribution < 1.29 is 31.1 Å². The summed E-state index contributed by atoms with van der Waals surface area (Å²) >= 11 is 0. The molecule has 0 unspecified atom stereocenters. The van der Waals surface area contributed by atoms with E-state index >= 15 is 0 Å². The molecule has 2 rings (SSSR count). The van der Waals surface area contributed by atoms with Crippen LogP contribution in [0.25, 0.3) is 0 Å². The molecule has 0 saturated heterocycles. The summed E-state index contributed by atoms with van der Waals surface area (Å²) in [6.45, 7) is -0.320. The monoisotopic (exact) mass is 326 g/mol. The van der Waals surface area contributed by atoms with E-state index < -0.39 is 34.9 Å². The minimum atomic E-state index is -4.63. The molecule has 0 bridgehead atoms. The Bertz CT molecular complexity index is 589. The van der Waals surface area contributed by atoms with Gasteiger partial charge in [0, 0.05) is 12.2 Å². The van der Waals surface area contributed by atoms with Gasteiger partial charge in [-0.3, -0.25) is 4.79 Å². The molecule has 0 radical (unpaired) electrons. The van der Waals surface area contributed by atoms with E-state index in [2.05, 4.69) is 5.32 Å². The summed E-state index contributed by atoms with van der Waals surface area (Å²) in [4.78, 5) is 11.6. The number of halogens is 6. The number of hydrogen-bond donors (Lipinski definition) is 2. The Morgan fingerprint density at radius 1 is 1.18 bits per heavy atom. The van der Waals surface area contributed by atoms with Crippen molar-refractivity contribution in [1.82, 2.24) is 5.32 Å². The molecule has 9 heteroatoms. The second kappa shape index (κ2) is 5.06. The SMILES string of the molecule is Nc1cc(CNC(=O)C2(C(F)(F)F)CC2)ccc1C(F)(F)F. The number of rotatable bonds is 3. The largest absolute Gasteiger partial charge is 0.418 e. The summed E-state index contributed by atoms with van der Waals surface area (Å²) < 4.78 is 75.7. The first-order chi connectivity index (χ1) is 9.97. The third-order valence-electron chi connectivity index (χ3n) is 3.60. The number of nitrogens with two attached hydrogens (primary N) is 1. The van der Waals surface area contributed by atoms with Gasteiger partial charge in [0.25, 0.3) is 0 Å². The van der Waals surface area contributed by atoms with Crippen molar-refractivity contribution in [2.45, 2.75) is 31.7 Å². The molecule has 0 atom stereocenters. The van der Waals surface area contributed by atoms with Gasteiger partial charge >= 0.3 is 12.4 Å². The van der Waals surface area contributed by atoms with E-state index in [-0.39, 0.29) is 24.9 Å². The molecule has 0 heterocycles. The van der Waals surface area contributed by atoms with Crippen LogP contribution in [0.4, 0.5) is 32.0 Å². The second-order valence-electron chi connectivity index (χ2n) is 5.18. The number of nitrogens with one attached hydrogen (secondary N) is 1. The summed E-state index contributed by atoms with van der Waals surface area (Å²) in [5.74, 6) is -1.17. The van der Waals surface area contributed by atoms with Crippen LogP contribution in [0.15, 0.2) is 18.2 Å². The molecule has 1 aliphatic rings. The van der Waals surface area contributed by atoms with Crippen LogP contribution in [0.3, 0.4) is 0 Å². The third-order valence-corrected chi connectivity index (χ3v) is 3.60. The quantitative estimate of drug-likeness (QED) is 0.662. The zero-order chi connectivity index (χ0) is 16.8. The molecule has 1 aromatic rings. The minimum Gasteiger partial charge on any atom is -0.398 e. The number of carbonyl (C=O) groups excluding carboxylic acids is 1. The van der Waals surface area contributed by atoms with E-state index in [4.69, 9.17) is 5.73 Å². The number of alkyl halides is 6. The van der Waals surface area contributed by atoms with Crippen molar-refractivity contribution in [2.24, 2.45) is 5.41 Å². The minimum absolute atomic E-state index is 0.192. The van der Waals surface area contributed by atoms with Gasteiger partial charge < -0.3 is 11.1 Å². The fourth-order valence-electron chi connectivity index (χ4n) is 2.10. The first-order valence-electron chi connectivity index (χ1n) is 6.28. The maximum atomic E-state index is 12.7. The van der Waals surface area contributed by atoms with Crippen LogP contribution in [0.5, 0.6) is 0 Å². The number of anilines is 1. The van der Waals surface area contributed by atoms with Gasteiger partial charge in [-0.25, -0.2) is 0 Å². The Hall–Kier alpha value is -1.93. The van der Waals surface area contributed by atoms with Crippen LogP contribution in [0.2, 0.25) is 0 Å². The highest BCUT2D eigenvalue weighted by atomic mass is 19.4. The smallest absolute Gasteiger partial charge is 0.398 e. The molecule has 0 spiro atoms. The average molecular weight is 326 g/mol. The maximum absolute atomic E-state index is 12.7. The molecule has 1 saturated carbocycles. The van der Waals surface area contributed by atoms with E-state index in [0.717, 1.165) is 18.2 Å². The fourth-order valence-corrected chi connectivity index (χ4v) is 2.10. The molecule has 1 amide bonds. The van der Waals surface area contributed by atoms with Gasteiger partial charge in [-0.2, -0.15) is 26.3 Å². The normalized spacial score (nSPS) is 17.2. The topological polar surface area (TPSA) is 55.1 Å². The summed E-state index contributed by atoms with van der Waals surface area (Å²) in [6.07, 6.45) is -9.80. The van der Waals surface area contributed by atoms with Crippen molar-refractivity contribution in [2.75, 3.05) is 5.73 Å². The molecule has 1 aliphatic carbocycles. The number of amides is 1. The second-order valence-corrected chi connectivity index (χ2v) is 5.18. The maximum Gasteiger partial charge on any atom is 0.418 e. The van der Waals surface area contributed by atoms with Crippen LogP contribution < -0.4 is 11.1 Å². The lowest BCUT2D eigenvalue weighted by Gasteiger charge is -2.18. The van der Waals surface area contributed by atoms with Gasteiger partial charge in [0.1, 0.15) is 5.41 Å². The predicted octanol–water partition coefficient (Wildman–Crippen LogP) is 3.25. The van der Waals surface area contributed by atoms with E-state index in [0.29, 0.717) is 0 Å². The Morgan fingerprint density at radius 2 is 1.77 bits per heavy atom. The summed E-state index contributed by atoms with van der Waals surface area (Å²) in [6, 6.07) is 2.77. The van der Waals surface area contributed by atoms with E-state index in [1.807, 2.05) is 0 Å². The molecule has 22 heavy (non-hydrogen) atoms. The summed E-state index contributed by atoms with van der Waals surface area (Å²) in [5.41, 5.74) is 1.53. The molecule has 122 valence electrons. The van der Waals surface area contributed by atoms with Crippen molar-refractivity contribution in [3.8, 4) is 0 Å². The molecule has 1 fully saturated rings. The van der Waals surface area contributed by atoms with Crippen LogP contribution in [-0.4, -0.2) is 12.1 Å². The summed E-state index contributed by atoms with van der Waals surface area (Å²) in [5, 5.41) is 2.10. The Labute approximate surface area is 121 Å². The van der Waals surface area contributed by atoms with E-state index in [1.165, 1.54) is 0 Å². The van der Waals surface area contributed by atoms with Crippen LogP contribution >= 0.6 is 0 Å². The fraction of sp³-hybridized carbons (Fsp3) is 0.462. The Balaban J connectivity index is 2.04. The van der Waals surface area contributed by atoms with Gasteiger partial charge in [0.05, 0.1) is 5.56 Å². The van der Waals surface area contributed by atoms with Gasteiger partial charge in [-0.05, 0) is 30.5 Å². The van der Waals surface area contributed by atoms with Crippen molar-refractivity contribution >= 4 is 11.6 Å². The lowest BCUT2D eigenvalue weighted by molar-refractivity contribution is -0.192. The van der Waals surface area contributed by atoms with Gasteiger partial charge in [0.15, 0.2) is 0 Å². The summed E-state index contributed by atoms with van der Waals surface area (Å²) in [7, 11) is 0. The Morgan fingerprint density at radius 3 is 2.18 bits per heavy atom. The molecule has 3 N–H and O–H groups in total.